The Bertz CT molecular complexity index is 3810. The summed E-state index contributed by atoms with van der Waals surface area (Å²) < 4.78 is 16.1. The summed E-state index contributed by atoms with van der Waals surface area (Å²) in [6.07, 6.45) is 8.79. The number of likely N-dealkylation sites (tertiary alicyclic amines) is 1. The number of rotatable bonds is 13. The van der Waals surface area contributed by atoms with Gasteiger partial charge in [0.15, 0.2) is 6.29 Å². The number of phenolic OH excluding ortho intramolecular Hbond substituents is 5. The van der Waals surface area contributed by atoms with Gasteiger partial charge < -0.3 is 75.3 Å². The summed E-state index contributed by atoms with van der Waals surface area (Å²) in [5.74, 6) is 5.12. The van der Waals surface area contributed by atoms with E-state index in [1.165, 1.54) is 76.8 Å². The summed E-state index contributed by atoms with van der Waals surface area (Å²) in [6.45, 7) is 29.5. The lowest BCUT2D eigenvalue weighted by molar-refractivity contribution is 0.109. The molecule has 8 aliphatic heterocycles. The Kier molecular flexibility index (Phi) is 39.2. The van der Waals surface area contributed by atoms with Crippen LogP contribution in [0.15, 0.2) is 140 Å². The van der Waals surface area contributed by atoms with Crippen molar-refractivity contribution in [3.8, 4) is 28.7 Å². The first-order valence-corrected chi connectivity index (χ1v) is 40.5. The second-order valence-electron chi connectivity index (χ2n) is 27.4. The third kappa shape index (κ3) is 31.9. The number of benzene rings is 5. The number of hydrogen-bond donors (Lipinski definition) is 8. The van der Waals surface area contributed by atoms with Gasteiger partial charge in [-0.25, -0.2) is 19.9 Å². The zero-order valence-corrected chi connectivity index (χ0v) is 67.5. The van der Waals surface area contributed by atoms with Crippen molar-refractivity contribution in [2.45, 2.75) is 64.7 Å². The molecule has 0 amide bonds. The molecule has 5 aromatic carbocycles. The number of carbonyl (C=O) groups is 1. The molecule has 0 unspecified atom stereocenters. The van der Waals surface area contributed by atoms with Crippen LogP contribution in [0.2, 0.25) is 26.0 Å². The minimum absolute atomic E-state index is 0.0347. The Morgan fingerprint density at radius 3 is 1.02 bits per heavy atom. The van der Waals surface area contributed by atoms with Gasteiger partial charge in [-0.05, 0) is 111 Å². The van der Waals surface area contributed by atoms with Crippen LogP contribution in [-0.2, 0) is 40.4 Å². The molecule has 0 bridgehead atoms. The highest BCUT2D eigenvalue weighted by molar-refractivity contribution is 6.35. The van der Waals surface area contributed by atoms with Gasteiger partial charge in [0, 0.05) is 184 Å². The van der Waals surface area contributed by atoms with E-state index in [4.69, 9.17) is 87.3 Å². The molecule has 8 aromatic rings. The summed E-state index contributed by atoms with van der Waals surface area (Å²) in [5, 5.41) is 58.9. The van der Waals surface area contributed by atoms with Crippen molar-refractivity contribution in [1.82, 2.24) is 65.5 Å². The van der Waals surface area contributed by atoms with Gasteiger partial charge >= 0.3 is 0 Å². The number of morpholine rings is 3. The Morgan fingerprint density at radius 1 is 0.321 bits per heavy atom. The van der Waals surface area contributed by atoms with E-state index in [9.17, 15) is 25.2 Å². The molecule has 0 radical (unpaired) electrons. The summed E-state index contributed by atoms with van der Waals surface area (Å²) in [5.41, 5.74) is 4.33. The van der Waals surface area contributed by atoms with E-state index in [1.54, 1.807) is 48.5 Å². The van der Waals surface area contributed by atoms with Crippen molar-refractivity contribution in [2.24, 2.45) is 0 Å². The van der Waals surface area contributed by atoms with E-state index < -0.39 is 0 Å². The Hall–Kier alpha value is -7.74. The topological polar surface area (TPSA) is 285 Å². The first-order chi connectivity index (χ1) is 54.6. The average Bonchev–Trinajstić information content (AvgIpc) is 0.790. The fourth-order valence-electron chi connectivity index (χ4n) is 13.0. The van der Waals surface area contributed by atoms with Gasteiger partial charge in [-0.15, -0.1) is 0 Å². The molecule has 16 rings (SSSR count). The number of piperazine rings is 3. The Balaban J connectivity index is 0.000000157. The summed E-state index contributed by atoms with van der Waals surface area (Å²) in [7, 11) is 0. The minimum Gasteiger partial charge on any atom is -0.508 e. The molecule has 8 saturated heterocycles. The fraction of sp³-hybridized carbons (Fsp3) is 0.469. The van der Waals surface area contributed by atoms with E-state index in [1.807, 2.05) is 72.8 Å². The van der Waals surface area contributed by atoms with Gasteiger partial charge in [-0.2, -0.15) is 9.97 Å². The predicted octanol–water partition coefficient (Wildman–Crippen LogP) is 11.2. The summed E-state index contributed by atoms with van der Waals surface area (Å²) in [6, 6.07) is 41.9. The van der Waals surface area contributed by atoms with Crippen LogP contribution in [0.5, 0.6) is 28.7 Å². The largest absolute Gasteiger partial charge is 0.508 e. The molecule has 26 nitrogen and oxygen atoms in total. The van der Waals surface area contributed by atoms with Crippen molar-refractivity contribution in [1.29, 1.82) is 0 Å². The number of carbonyl (C=O) groups excluding carboxylic acids is 1. The van der Waals surface area contributed by atoms with E-state index in [2.05, 4.69) is 81.2 Å². The zero-order valence-electron chi connectivity index (χ0n) is 63.7. The van der Waals surface area contributed by atoms with Crippen LogP contribution in [0.3, 0.4) is 0 Å². The number of nitrogens with zero attached hydrogens (tertiary/aromatic N) is 14. The van der Waals surface area contributed by atoms with Gasteiger partial charge in [0.2, 0.25) is 16.5 Å². The monoisotopic (exact) mass is 1640 g/mol. The number of halogens is 5. The number of phenols is 5. The van der Waals surface area contributed by atoms with Gasteiger partial charge in [-0.1, -0.05) is 133 Å². The molecule has 8 N–H and O–H groups in total. The second-order valence-corrected chi connectivity index (χ2v) is 29.3. The number of para-hydroxylation sites is 5. The first kappa shape index (κ1) is 88.2. The van der Waals surface area contributed by atoms with Crippen molar-refractivity contribution in [3.05, 3.63) is 193 Å². The summed E-state index contributed by atoms with van der Waals surface area (Å²) >= 11 is 28.0. The lowest BCUT2D eigenvalue weighted by Gasteiger charge is -2.37. The highest BCUT2D eigenvalue weighted by atomic mass is 35.5. The molecule has 0 aliphatic carbocycles. The maximum Gasteiger partial charge on any atom is 0.229 e. The molecule has 11 heterocycles. The van der Waals surface area contributed by atoms with Crippen molar-refractivity contribution in [2.75, 3.05) is 203 Å². The second kappa shape index (κ2) is 49.8. The SMILES string of the molecule is C1CCNCC1.C1COCCN1.Clc1cc(Cl)nc(Cl)n1.O=Cc1ccccc1O.Oc1ccccc1CN1CCCCC1.Oc1ccccc1CN1CCN(c2cc(Cl)nc(Cl)n2)CC1.Oc1ccccc1CN1CCN(c2cc(N3CCOCC3)nc(N3CCOCC3)n2)CC1.Oc1ccccc1CN1CCNCC1. The molecule has 606 valence electrons. The van der Waals surface area contributed by atoms with Crippen LogP contribution in [0.1, 0.15) is 71.1 Å². The molecule has 0 saturated carbocycles. The van der Waals surface area contributed by atoms with E-state index >= 15 is 0 Å². The molecule has 0 atom stereocenters. The quantitative estimate of drug-likeness (QED) is 0.0302. The minimum atomic E-state index is 0.0347. The predicted molar refractivity (Wildman–Crippen MR) is 446 cm³/mol. The molecular weight excluding hydrogens is 1530 g/mol. The van der Waals surface area contributed by atoms with Crippen molar-refractivity contribution in [3.63, 3.8) is 0 Å². The Morgan fingerprint density at radius 2 is 0.661 bits per heavy atom. The van der Waals surface area contributed by atoms with Crippen LogP contribution in [0.4, 0.5) is 23.4 Å². The van der Waals surface area contributed by atoms with Crippen molar-refractivity contribution >= 4 is 87.7 Å². The van der Waals surface area contributed by atoms with E-state index in [0.717, 1.165) is 216 Å². The number of anilines is 4. The first-order valence-electron chi connectivity index (χ1n) is 38.6. The molecular formula is C81H108Cl5N17O9. The van der Waals surface area contributed by atoms with Gasteiger partial charge in [0.05, 0.1) is 45.2 Å². The van der Waals surface area contributed by atoms with E-state index in [-0.39, 0.29) is 26.6 Å². The number of aromatic hydroxyl groups is 5. The smallest absolute Gasteiger partial charge is 0.229 e. The molecule has 8 fully saturated rings. The summed E-state index contributed by atoms with van der Waals surface area (Å²) in [4.78, 5) is 53.7. The standard InChI is InChI=1S/C23H32N6O3.C15H16Cl2N4O.C12H17NO.C11H16N2O.C7H6O2.C5H11N.C4HCl3N2.C4H9NO/c30-20-4-2-1-3-19(20)18-26-5-7-27(8-6-26)21-17-22(28-9-13-31-14-10-28)25-23(24-21)29-11-15-32-16-12-29;16-13-9-14(19-15(17)18-13)21-7-5-20(6-8-21)10-11-3-1-2-4-12(11)22;14-12-7-3-2-6-11(12)10-13-8-4-1-5-9-13;14-11-4-2-1-3-10(11)9-13-7-5-12-6-8-13;8-5-6-3-1-2-4-7(6)9;1-2-4-6-5-3-1;5-2-1-3(6)9-4(7)8-2;1-3-6-4-2-5-1/h1-4,17,30H,5-16,18H2;1-4,9,22H,5-8,10H2;2-3,6-7,14H,1,4-5,8-10H2;1-4,12,14H,5-9H2;1-5,9H;6H,1-5H2;1H;5H,1-4H2. The number of aldehydes is 1. The number of piperidine rings is 2. The number of ether oxygens (including phenoxy) is 3. The number of nitrogens with one attached hydrogen (secondary N) is 3. The van der Waals surface area contributed by atoms with Crippen LogP contribution in [-0.4, -0.2) is 265 Å². The van der Waals surface area contributed by atoms with Gasteiger partial charge in [-0.3, -0.25) is 24.4 Å². The highest BCUT2D eigenvalue weighted by Crippen LogP contribution is 2.29. The molecule has 0 spiro atoms. The zero-order chi connectivity index (χ0) is 78.9. The normalized spacial score (nSPS) is 17.7. The number of hydrogen-bond acceptors (Lipinski definition) is 26. The Labute approximate surface area is 683 Å². The fourth-order valence-corrected chi connectivity index (χ4v) is 14.1. The van der Waals surface area contributed by atoms with Crippen LogP contribution in [0.25, 0.3) is 0 Å². The van der Waals surface area contributed by atoms with Crippen LogP contribution in [0, 0.1) is 0 Å². The van der Waals surface area contributed by atoms with Crippen LogP contribution >= 0.6 is 58.0 Å². The van der Waals surface area contributed by atoms with Crippen LogP contribution < -0.4 is 35.6 Å². The maximum absolute atomic E-state index is 10.1. The van der Waals surface area contributed by atoms with Crippen molar-refractivity contribution < 1.29 is 44.5 Å². The molecule has 31 heteroatoms. The maximum atomic E-state index is 10.1. The lowest BCUT2D eigenvalue weighted by Crippen LogP contribution is -2.46. The molecule has 3 aromatic heterocycles. The lowest BCUT2D eigenvalue weighted by atomic mass is 10.1. The van der Waals surface area contributed by atoms with Gasteiger partial charge in [0.25, 0.3) is 0 Å². The molecule has 8 aliphatic rings. The van der Waals surface area contributed by atoms with Gasteiger partial charge in [0.1, 0.15) is 61.7 Å². The average molecular weight is 1640 g/mol. The number of aromatic nitrogens is 6. The highest BCUT2D eigenvalue weighted by Gasteiger charge is 2.26. The third-order valence-corrected chi connectivity index (χ3v) is 20.2. The molecule has 112 heavy (non-hydrogen) atoms. The third-order valence-electron chi connectivity index (χ3n) is 19.3. The van der Waals surface area contributed by atoms with E-state index in [0.29, 0.717) is 53.2 Å².